The predicted octanol–water partition coefficient (Wildman–Crippen LogP) is 2.15. The second-order valence-corrected chi connectivity index (χ2v) is 3.71. The van der Waals surface area contributed by atoms with Gasteiger partial charge in [0.25, 0.3) is 0 Å². The molecule has 0 bridgehead atoms. The molecule has 70 valence electrons. The number of nitrogens with zero attached hydrogens (tertiary/aromatic N) is 2. The first-order chi connectivity index (χ1) is 6.25. The summed E-state index contributed by atoms with van der Waals surface area (Å²) in [6.45, 7) is 1.89. The van der Waals surface area contributed by atoms with Crippen LogP contribution in [0.3, 0.4) is 0 Å². The molecule has 0 unspecified atom stereocenters. The SMILES string of the molecule is Cc1cc(O)nc(C2CCCC2)n1. The highest BCUT2D eigenvalue weighted by atomic mass is 16.3. The number of hydrogen-bond acceptors (Lipinski definition) is 3. The summed E-state index contributed by atoms with van der Waals surface area (Å²) in [6, 6.07) is 1.60. The first-order valence-electron chi connectivity index (χ1n) is 4.80. The van der Waals surface area contributed by atoms with Crippen molar-refractivity contribution in [1.82, 2.24) is 9.97 Å². The zero-order valence-corrected chi connectivity index (χ0v) is 7.82. The molecule has 1 aromatic heterocycles. The normalized spacial score (nSPS) is 17.9. The zero-order valence-electron chi connectivity index (χ0n) is 7.82. The van der Waals surface area contributed by atoms with Crippen molar-refractivity contribution in [2.24, 2.45) is 0 Å². The highest BCUT2D eigenvalue weighted by Gasteiger charge is 2.20. The van der Waals surface area contributed by atoms with Gasteiger partial charge in [-0.15, -0.1) is 0 Å². The van der Waals surface area contributed by atoms with Gasteiger partial charge >= 0.3 is 0 Å². The van der Waals surface area contributed by atoms with E-state index in [2.05, 4.69) is 9.97 Å². The molecule has 1 fully saturated rings. The molecular formula is C10H14N2O. The topological polar surface area (TPSA) is 46.0 Å². The summed E-state index contributed by atoms with van der Waals surface area (Å²) in [7, 11) is 0. The van der Waals surface area contributed by atoms with Crippen molar-refractivity contribution in [3.05, 3.63) is 17.6 Å². The summed E-state index contributed by atoms with van der Waals surface area (Å²) < 4.78 is 0. The van der Waals surface area contributed by atoms with Crippen LogP contribution in [-0.2, 0) is 0 Å². The van der Waals surface area contributed by atoms with Gasteiger partial charge in [-0.25, -0.2) is 4.98 Å². The van der Waals surface area contributed by atoms with Gasteiger partial charge < -0.3 is 5.11 Å². The van der Waals surface area contributed by atoms with Crippen molar-refractivity contribution in [2.45, 2.75) is 38.5 Å². The molecule has 3 heteroatoms. The Morgan fingerprint density at radius 2 is 2.00 bits per heavy atom. The van der Waals surface area contributed by atoms with E-state index in [9.17, 15) is 5.11 Å². The molecule has 0 aliphatic heterocycles. The Labute approximate surface area is 77.8 Å². The molecular weight excluding hydrogens is 164 g/mol. The van der Waals surface area contributed by atoms with Crippen molar-refractivity contribution in [2.75, 3.05) is 0 Å². The Bertz CT molecular complexity index is 286. The van der Waals surface area contributed by atoms with Crippen LogP contribution in [0.4, 0.5) is 0 Å². The molecule has 0 amide bonds. The standard InChI is InChI=1S/C10H14N2O/c1-7-6-9(13)12-10(11-7)8-4-2-3-5-8/h6,8H,2-5H2,1H3,(H,11,12,13). The summed E-state index contributed by atoms with van der Waals surface area (Å²) >= 11 is 0. The smallest absolute Gasteiger partial charge is 0.214 e. The van der Waals surface area contributed by atoms with Gasteiger partial charge in [0.15, 0.2) is 0 Å². The van der Waals surface area contributed by atoms with E-state index in [1.54, 1.807) is 6.07 Å². The molecule has 13 heavy (non-hydrogen) atoms. The first kappa shape index (κ1) is 8.48. The Balaban J connectivity index is 2.28. The minimum Gasteiger partial charge on any atom is -0.493 e. The van der Waals surface area contributed by atoms with Gasteiger partial charge in [0.05, 0.1) is 0 Å². The summed E-state index contributed by atoms with van der Waals surface area (Å²) in [5, 5.41) is 9.30. The van der Waals surface area contributed by atoms with E-state index < -0.39 is 0 Å². The van der Waals surface area contributed by atoms with E-state index in [0.29, 0.717) is 5.92 Å². The third-order valence-corrected chi connectivity index (χ3v) is 2.58. The number of aromatic nitrogens is 2. The summed E-state index contributed by atoms with van der Waals surface area (Å²) in [6.07, 6.45) is 4.87. The van der Waals surface area contributed by atoms with E-state index in [0.717, 1.165) is 11.5 Å². The molecule has 1 aromatic rings. The van der Waals surface area contributed by atoms with Gasteiger partial charge in [0.2, 0.25) is 5.88 Å². The molecule has 1 aliphatic carbocycles. The molecule has 0 aromatic carbocycles. The van der Waals surface area contributed by atoms with Crippen LogP contribution in [0.15, 0.2) is 6.07 Å². The van der Waals surface area contributed by atoms with Gasteiger partial charge in [-0.1, -0.05) is 12.8 Å². The Hall–Kier alpha value is -1.12. The third-order valence-electron chi connectivity index (χ3n) is 2.58. The molecule has 0 atom stereocenters. The van der Waals surface area contributed by atoms with Crippen molar-refractivity contribution < 1.29 is 5.11 Å². The molecule has 1 heterocycles. The third kappa shape index (κ3) is 1.79. The summed E-state index contributed by atoms with van der Waals surface area (Å²) in [5.41, 5.74) is 0.856. The van der Waals surface area contributed by atoms with Crippen molar-refractivity contribution in [3.8, 4) is 5.88 Å². The van der Waals surface area contributed by atoms with Crippen molar-refractivity contribution in [1.29, 1.82) is 0 Å². The molecule has 1 N–H and O–H groups in total. The van der Waals surface area contributed by atoms with Crippen LogP contribution >= 0.6 is 0 Å². The van der Waals surface area contributed by atoms with Gasteiger partial charge in [0.1, 0.15) is 5.82 Å². The van der Waals surface area contributed by atoms with Gasteiger partial charge in [-0.2, -0.15) is 4.98 Å². The lowest BCUT2D eigenvalue weighted by atomic mass is 10.1. The fourth-order valence-electron chi connectivity index (χ4n) is 1.94. The maximum Gasteiger partial charge on any atom is 0.214 e. The molecule has 0 saturated heterocycles. The predicted molar refractivity (Wildman–Crippen MR) is 49.6 cm³/mol. The van der Waals surface area contributed by atoms with Crippen LogP contribution in [0.2, 0.25) is 0 Å². The fourth-order valence-corrected chi connectivity index (χ4v) is 1.94. The lowest BCUT2D eigenvalue weighted by Crippen LogP contribution is -2.01. The van der Waals surface area contributed by atoms with E-state index in [4.69, 9.17) is 0 Å². The van der Waals surface area contributed by atoms with E-state index in [1.165, 1.54) is 25.7 Å². The van der Waals surface area contributed by atoms with E-state index in [-0.39, 0.29) is 5.88 Å². The number of rotatable bonds is 1. The largest absolute Gasteiger partial charge is 0.493 e. The summed E-state index contributed by atoms with van der Waals surface area (Å²) in [4.78, 5) is 8.41. The van der Waals surface area contributed by atoms with Crippen LogP contribution < -0.4 is 0 Å². The average molecular weight is 178 g/mol. The maximum absolute atomic E-state index is 9.30. The average Bonchev–Trinajstić information content (AvgIpc) is 2.53. The number of hydrogen-bond donors (Lipinski definition) is 1. The monoisotopic (exact) mass is 178 g/mol. The Morgan fingerprint density at radius 1 is 1.31 bits per heavy atom. The van der Waals surface area contributed by atoms with Crippen LogP contribution in [0.25, 0.3) is 0 Å². The Kier molecular flexibility index (Phi) is 2.17. The lowest BCUT2D eigenvalue weighted by Gasteiger charge is -2.07. The van der Waals surface area contributed by atoms with Crippen LogP contribution in [-0.4, -0.2) is 15.1 Å². The molecule has 0 radical (unpaired) electrons. The number of aryl methyl sites for hydroxylation is 1. The minimum absolute atomic E-state index is 0.106. The summed E-state index contributed by atoms with van der Waals surface area (Å²) in [5.74, 6) is 1.41. The van der Waals surface area contributed by atoms with Crippen LogP contribution in [0.5, 0.6) is 5.88 Å². The molecule has 1 aliphatic rings. The van der Waals surface area contributed by atoms with Gasteiger partial charge in [-0.3, -0.25) is 0 Å². The van der Waals surface area contributed by atoms with E-state index >= 15 is 0 Å². The minimum atomic E-state index is 0.106. The highest BCUT2D eigenvalue weighted by molar-refractivity contribution is 5.15. The second kappa shape index (κ2) is 3.32. The quantitative estimate of drug-likeness (QED) is 0.716. The molecule has 0 spiro atoms. The fraction of sp³-hybridized carbons (Fsp3) is 0.600. The molecule has 3 nitrogen and oxygen atoms in total. The van der Waals surface area contributed by atoms with Gasteiger partial charge in [0, 0.05) is 17.7 Å². The maximum atomic E-state index is 9.30. The number of aromatic hydroxyl groups is 1. The second-order valence-electron chi connectivity index (χ2n) is 3.71. The van der Waals surface area contributed by atoms with E-state index in [1.807, 2.05) is 6.92 Å². The Morgan fingerprint density at radius 3 is 2.62 bits per heavy atom. The first-order valence-corrected chi connectivity index (χ1v) is 4.80. The van der Waals surface area contributed by atoms with Crippen molar-refractivity contribution >= 4 is 0 Å². The highest BCUT2D eigenvalue weighted by Crippen LogP contribution is 2.32. The van der Waals surface area contributed by atoms with Crippen LogP contribution in [0, 0.1) is 6.92 Å². The molecule has 2 rings (SSSR count). The zero-order chi connectivity index (χ0) is 9.26. The lowest BCUT2D eigenvalue weighted by molar-refractivity contribution is 0.444. The van der Waals surface area contributed by atoms with Crippen LogP contribution in [0.1, 0.15) is 43.1 Å². The van der Waals surface area contributed by atoms with Gasteiger partial charge in [-0.05, 0) is 19.8 Å². The molecule has 1 saturated carbocycles. The van der Waals surface area contributed by atoms with Crippen molar-refractivity contribution in [3.63, 3.8) is 0 Å².